The zero-order chi connectivity index (χ0) is 14.4. The minimum atomic E-state index is 0.114. The van der Waals surface area contributed by atoms with E-state index in [-0.39, 0.29) is 5.91 Å². The zero-order valence-electron chi connectivity index (χ0n) is 12.5. The van der Waals surface area contributed by atoms with Gasteiger partial charge in [0.1, 0.15) is 0 Å². The second-order valence-corrected chi connectivity index (χ2v) is 5.51. The molecule has 2 N–H and O–H groups in total. The van der Waals surface area contributed by atoms with E-state index in [4.69, 9.17) is 0 Å². The van der Waals surface area contributed by atoms with E-state index >= 15 is 0 Å². The van der Waals surface area contributed by atoms with Crippen LogP contribution < -0.4 is 10.6 Å². The Kier molecular flexibility index (Phi) is 5.36. The monoisotopic (exact) mass is 272 g/mol. The number of nitrogens with one attached hydrogen (secondary N) is 2. The number of carbonyl (C=O) groups is 1. The summed E-state index contributed by atoms with van der Waals surface area (Å²) in [4.78, 5) is 11.9. The Morgan fingerprint density at radius 3 is 2.85 bits per heavy atom. The van der Waals surface area contributed by atoms with Crippen molar-refractivity contribution in [3.05, 3.63) is 46.5 Å². The van der Waals surface area contributed by atoms with Gasteiger partial charge in [-0.25, -0.2) is 0 Å². The van der Waals surface area contributed by atoms with Crippen LogP contribution in [0.3, 0.4) is 0 Å². The van der Waals surface area contributed by atoms with Crippen molar-refractivity contribution in [2.24, 2.45) is 0 Å². The van der Waals surface area contributed by atoms with Crippen LogP contribution in [-0.4, -0.2) is 25.5 Å². The first-order valence-electron chi connectivity index (χ1n) is 7.36. The van der Waals surface area contributed by atoms with Crippen LogP contribution in [0.15, 0.2) is 29.8 Å². The maximum Gasteiger partial charge on any atom is 0.224 e. The molecule has 108 valence electrons. The summed E-state index contributed by atoms with van der Waals surface area (Å²) in [5.74, 6) is 0.114. The largest absolute Gasteiger partial charge is 0.355 e. The highest BCUT2D eigenvalue weighted by Crippen LogP contribution is 2.11. The molecule has 0 saturated heterocycles. The van der Waals surface area contributed by atoms with Crippen molar-refractivity contribution in [2.45, 2.75) is 33.1 Å². The fraction of sp³-hybridized carbons (Fsp3) is 0.471. The molecule has 0 saturated carbocycles. The molecule has 0 unspecified atom stereocenters. The smallest absolute Gasteiger partial charge is 0.224 e. The maximum atomic E-state index is 11.9. The summed E-state index contributed by atoms with van der Waals surface area (Å²) in [5.41, 5.74) is 5.06. The number of hydrogen-bond acceptors (Lipinski definition) is 2. The average Bonchev–Trinajstić information content (AvgIpc) is 2.44. The normalized spacial score (nSPS) is 14.8. The molecule has 3 heteroatoms. The van der Waals surface area contributed by atoms with Gasteiger partial charge in [-0.3, -0.25) is 4.79 Å². The van der Waals surface area contributed by atoms with Gasteiger partial charge in [0.2, 0.25) is 5.91 Å². The molecule has 0 spiro atoms. The Morgan fingerprint density at radius 1 is 1.30 bits per heavy atom. The second kappa shape index (κ2) is 7.25. The molecule has 1 aromatic carbocycles. The number of carbonyl (C=O) groups excluding carboxylic acids is 1. The second-order valence-electron chi connectivity index (χ2n) is 5.51. The fourth-order valence-electron chi connectivity index (χ4n) is 2.42. The molecule has 1 aliphatic heterocycles. The lowest BCUT2D eigenvalue weighted by molar-refractivity contribution is -0.120. The van der Waals surface area contributed by atoms with Crippen molar-refractivity contribution in [2.75, 3.05) is 19.6 Å². The van der Waals surface area contributed by atoms with Gasteiger partial charge in [0.15, 0.2) is 0 Å². The Morgan fingerprint density at radius 2 is 2.15 bits per heavy atom. The molecular formula is C17H24N2O. The third kappa shape index (κ3) is 4.49. The number of rotatable bonds is 5. The molecular weight excluding hydrogens is 248 g/mol. The van der Waals surface area contributed by atoms with E-state index in [2.05, 4.69) is 42.7 Å². The van der Waals surface area contributed by atoms with Gasteiger partial charge in [-0.2, -0.15) is 0 Å². The van der Waals surface area contributed by atoms with Gasteiger partial charge in [-0.15, -0.1) is 0 Å². The zero-order valence-corrected chi connectivity index (χ0v) is 12.5. The Bertz CT molecular complexity index is 506. The summed E-state index contributed by atoms with van der Waals surface area (Å²) in [6.45, 7) is 6.94. The van der Waals surface area contributed by atoms with Gasteiger partial charge in [-0.1, -0.05) is 29.8 Å². The standard InChI is InChI=1S/C17H24N2O/c1-13-3-4-16(11-14(13)2)12-17(20)19-10-7-15-5-8-18-9-6-15/h3-5,11,18H,6-10,12H2,1-2H3,(H,19,20). The summed E-state index contributed by atoms with van der Waals surface area (Å²) < 4.78 is 0. The average molecular weight is 272 g/mol. The van der Waals surface area contributed by atoms with Crippen LogP contribution in [0, 0.1) is 13.8 Å². The molecule has 3 nitrogen and oxygen atoms in total. The third-order valence-electron chi connectivity index (χ3n) is 3.86. The maximum absolute atomic E-state index is 11.9. The Labute approximate surface area is 121 Å². The number of benzene rings is 1. The highest BCUT2D eigenvalue weighted by Gasteiger charge is 2.06. The number of hydrogen-bond donors (Lipinski definition) is 2. The Hall–Kier alpha value is -1.61. The van der Waals surface area contributed by atoms with Crippen molar-refractivity contribution in [3.63, 3.8) is 0 Å². The van der Waals surface area contributed by atoms with Crippen LogP contribution in [-0.2, 0) is 11.2 Å². The van der Waals surface area contributed by atoms with E-state index in [0.29, 0.717) is 6.42 Å². The number of aryl methyl sites for hydroxylation is 2. The molecule has 1 aromatic rings. The lowest BCUT2D eigenvalue weighted by Gasteiger charge is -2.14. The summed E-state index contributed by atoms with van der Waals surface area (Å²) in [6, 6.07) is 6.22. The first kappa shape index (κ1) is 14.8. The third-order valence-corrected chi connectivity index (χ3v) is 3.86. The molecule has 1 aliphatic rings. The molecule has 0 aliphatic carbocycles. The van der Waals surface area contributed by atoms with Gasteiger partial charge in [0.05, 0.1) is 6.42 Å². The molecule has 0 atom stereocenters. The van der Waals surface area contributed by atoms with E-state index in [1.165, 1.54) is 16.7 Å². The van der Waals surface area contributed by atoms with Crippen LogP contribution in [0.25, 0.3) is 0 Å². The minimum Gasteiger partial charge on any atom is -0.355 e. The van der Waals surface area contributed by atoms with Crippen LogP contribution in [0.1, 0.15) is 29.5 Å². The first-order chi connectivity index (χ1) is 9.65. The van der Waals surface area contributed by atoms with Gasteiger partial charge in [-0.05, 0) is 49.9 Å². The first-order valence-corrected chi connectivity index (χ1v) is 7.36. The summed E-state index contributed by atoms with van der Waals surface area (Å²) in [5, 5.41) is 6.30. The Balaban J connectivity index is 1.74. The molecule has 1 amide bonds. The van der Waals surface area contributed by atoms with Gasteiger partial charge >= 0.3 is 0 Å². The lowest BCUT2D eigenvalue weighted by Crippen LogP contribution is -2.27. The predicted octanol–water partition coefficient (Wildman–Crippen LogP) is 2.27. The minimum absolute atomic E-state index is 0.114. The van der Waals surface area contributed by atoms with Crippen LogP contribution in [0.2, 0.25) is 0 Å². The highest BCUT2D eigenvalue weighted by atomic mass is 16.1. The van der Waals surface area contributed by atoms with Crippen LogP contribution >= 0.6 is 0 Å². The van der Waals surface area contributed by atoms with E-state index in [1.54, 1.807) is 0 Å². The molecule has 0 aromatic heterocycles. The lowest BCUT2D eigenvalue weighted by atomic mass is 10.0. The quantitative estimate of drug-likeness (QED) is 0.807. The fourth-order valence-corrected chi connectivity index (χ4v) is 2.42. The van der Waals surface area contributed by atoms with Crippen molar-refractivity contribution in [1.82, 2.24) is 10.6 Å². The molecule has 0 radical (unpaired) electrons. The molecule has 1 heterocycles. The van der Waals surface area contributed by atoms with E-state index < -0.39 is 0 Å². The summed E-state index contributed by atoms with van der Waals surface area (Å²) >= 11 is 0. The van der Waals surface area contributed by atoms with Gasteiger partial charge in [0.25, 0.3) is 0 Å². The summed E-state index contributed by atoms with van der Waals surface area (Å²) in [6.07, 6.45) is 4.79. The summed E-state index contributed by atoms with van der Waals surface area (Å²) in [7, 11) is 0. The highest BCUT2D eigenvalue weighted by molar-refractivity contribution is 5.78. The topological polar surface area (TPSA) is 41.1 Å². The molecule has 20 heavy (non-hydrogen) atoms. The molecule has 0 fully saturated rings. The van der Waals surface area contributed by atoms with Crippen molar-refractivity contribution in [3.8, 4) is 0 Å². The van der Waals surface area contributed by atoms with Crippen LogP contribution in [0.4, 0.5) is 0 Å². The van der Waals surface area contributed by atoms with Gasteiger partial charge in [0, 0.05) is 13.1 Å². The van der Waals surface area contributed by atoms with E-state index in [1.807, 2.05) is 6.07 Å². The molecule has 0 bridgehead atoms. The van der Waals surface area contributed by atoms with E-state index in [0.717, 1.165) is 38.0 Å². The predicted molar refractivity (Wildman–Crippen MR) is 82.8 cm³/mol. The van der Waals surface area contributed by atoms with Crippen molar-refractivity contribution >= 4 is 5.91 Å². The van der Waals surface area contributed by atoms with E-state index in [9.17, 15) is 4.79 Å². The van der Waals surface area contributed by atoms with Crippen molar-refractivity contribution in [1.29, 1.82) is 0 Å². The molecule has 2 rings (SSSR count). The van der Waals surface area contributed by atoms with Crippen LogP contribution in [0.5, 0.6) is 0 Å². The van der Waals surface area contributed by atoms with Gasteiger partial charge < -0.3 is 10.6 Å². The van der Waals surface area contributed by atoms with Crippen molar-refractivity contribution < 1.29 is 4.79 Å². The SMILES string of the molecule is Cc1ccc(CC(=O)NCCC2=CCNCC2)cc1C. The number of amides is 1.